The van der Waals surface area contributed by atoms with Crippen LogP contribution in [-0.2, 0) is 6.54 Å². The van der Waals surface area contributed by atoms with Crippen LogP contribution in [0.3, 0.4) is 0 Å². The third-order valence-corrected chi connectivity index (χ3v) is 2.92. The van der Waals surface area contributed by atoms with Gasteiger partial charge in [0.15, 0.2) is 11.0 Å². The van der Waals surface area contributed by atoms with Crippen molar-refractivity contribution in [2.75, 3.05) is 17.2 Å². The molecule has 0 aromatic carbocycles. The minimum atomic E-state index is 0.285. The van der Waals surface area contributed by atoms with Gasteiger partial charge in [-0.3, -0.25) is 4.98 Å². The van der Waals surface area contributed by atoms with E-state index in [0.717, 1.165) is 12.1 Å². The smallest absolute Gasteiger partial charge is 0.157 e. The van der Waals surface area contributed by atoms with E-state index in [1.807, 2.05) is 24.0 Å². The summed E-state index contributed by atoms with van der Waals surface area (Å²) in [6.07, 6.45) is 4.95. The number of pyridine rings is 1. The molecule has 2 aromatic rings. The van der Waals surface area contributed by atoms with Crippen molar-refractivity contribution in [3.05, 3.63) is 41.6 Å². The van der Waals surface area contributed by atoms with Crippen LogP contribution in [0.25, 0.3) is 0 Å². The lowest BCUT2D eigenvalue weighted by atomic mass is 10.2. The van der Waals surface area contributed by atoms with Gasteiger partial charge in [-0.1, -0.05) is 11.6 Å². The lowest BCUT2D eigenvalue weighted by Crippen LogP contribution is -2.24. The van der Waals surface area contributed by atoms with Crippen molar-refractivity contribution < 1.29 is 0 Å². The molecular weight excluding hydrogens is 250 g/mol. The van der Waals surface area contributed by atoms with Gasteiger partial charge in [-0.2, -0.15) is 0 Å². The molecule has 2 N–H and O–H groups in total. The van der Waals surface area contributed by atoms with Crippen molar-refractivity contribution >= 4 is 23.1 Å². The van der Waals surface area contributed by atoms with Gasteiger partial charge in [0.05, 0.1) is 0 Å². The molecule has 0 radical (unpaired) electrons. The predicted octanol–water partition coefficient (Wildman–Crippen LogP) is 2.13. The summed E-state index contributed by atoms with van der Waals surface area (Å²) in [5.74, 6) is 0.661. The molecule has 18 heavy (non-hydrogen) atoms. The van der Waals surface area contributed by atoms with Crippen molar-refractivity contribution in [3.8, 4) is 0 Å². The molecule has 6 heteroatoms. The maximum absolute atomic E-state index is 5.91. The van der Waals surface area contributed by atoms with Crippen LogP contribution in [0.15, 0.2) is 30.9 Å². The van der Waals surface area contributed by atoms with Gasteiger partial charge in [0.25, 0.3) is 0 Å². The monoisotopic (exact) mass is 263 g/mol. The number of nitrogens with two attached hydrogens (primary N) is 1. The fourth-order valence-corrected chi connectivity index (χ4v) is 1.79. The lowest BCUT2D eigenvalue weighted by Gasteiger charge is -2.23. The van der Waals surface area contributed by atoms with Crippen LogP contribution in [0.4, 0.5) is 11.5 Å². The second-order valence-corrected chi connectivity index (χ2v) is 4.13. The van der Waals surface area contributed by atoms with E-state index in [4.69, 9.17) is 17.3 Å². The molecule has 0 saturated carbocycles. The molecular formula is C12H14ClN5. The molecule has 2 heterocycles. The number of halogens is 1. The molecule has 0 fully saturated rings. The Morgan fingerprint density at radius 2 is 2.00 bits per heavy atom. The first-order valence-electron chi connectivity index (χ1n) is 5.62. The highest BCUT2D eigenvalue weighted by Gasteiger charge is 2.13. The van der Waals surface area contributed by atoms with E-state index >= 15 is 0 Å². The maximum atomic E-state index is 5.91. The van der Waals surface area contributed by atoms with Crippen LogP contribution in [-0.4, -0.2) is 21.5 Å². The topological polar surface area (TPSA) is 67.9 Å². The van der Waals surface area contributed by atoms with E-state index < -0.39 is 0 Å². The van der Waals surface area contributed by atoms with Crippen LogP contribution in [0.5, 0.6) is 0 Å². The van der Waals surface area contributed by atoms with Gasteiger partial charge >= 0.3 is 0 Å². The Labute approximate surface area is 111 Å². The van der Waals surface area contributed by atoms with E-state index in [1.54, 1.807) is 12.4 Å². The van der Waals surface area contributed by atoms with Gasteiger partial charge in [-0.15, -0.1) is 0 Å². The summed E-state index contributed by atoms with van der Waals surface area (Å²) in [6.45, 7) is 3.52. The second kappa shape index (κ2) is 5.64. The molecule has 0 unspecified atom stereocenters. The Morgan fingerprint density at radius 1 is 1.28 bits per heavy atom. The fourth-order valence-electron chi connectivity index (χ4n) is 1.66. The highest BCUT2D eigenvalue weighted by Crippen LogP contribution is 2.26. The first-order chi connectivity index (χ1) is 8.72. The van der Waals surface area contributed by atoms with Crippen LogP contribution < -0.4 is 10.6 Å². The number of aromatic nitrogens is 3. The highest BCUT2D eigenvalue weighted by molar-refractivity contribution is 6.32. The molecule has 94 valence electrons. The Hall–Kier alpha value is -1.88. The molecule has 0 aliphatic carbocycles. The zero-order valence-corrected chi connectivity index (χ0v) is 10.8. The SMILES string of the molecule is CCN(Cc1ccncc1)c1ncnc(Cl)c1N. The number of anilines is 2. The Morgan fingerprint density at radius 3 is 2.67 bits per heavy atom. The van der Waals surface area contributed by atoms with Crippen LogP contribution in [0.1, 0.15) is 12.5 Å². The molecule has 5 nitrogen and oxygen atoms in total. The van der Waals surface area contributed by atoms with E-state index in [0.29, 0.717) is 18.1 Å². The van der Waals surface area contributed by atoms with Crippen molar-refractivity contribution in [2.45, 2.75) is 13.5 Å². The van der Waals surface area contributed by atoms with Crippen molar-refractivity contribution in [2.24, 2.45) is 0 Å². The lowest BCUT2D eigenvalue weighted by molar-refractivity contribution is 0.811. The van der Waals surface area contributed by atoms with Crippen LogP contribution in [0, 0.1) is 0 Å². The summed E-state index contributed by atoms with van der Waals surface area (Å²) in [4.78, 5) is 14.1. The van der Waals surface area contributed by atoms with Gasteiger partial charge in [-0.25, -0.2) is 9.97 Å². The summed E-state index contributed by atoms with van der Waals surface area (Å²) < 4.78 is 0. The number of nitrogens with zero attached hydrogens (tertiary/aromatic N) is 4. The van der Waals surface area contributed by atoms with E-state index in [1.165, 1.54) is 6.33 Å². The minimum absolute atomic E-state index is 0.285. The number of hydrogen-bond acceptors (Lipinski definition) is 5. The molecule has 0 amide bonds. The van der Waals surface area contributed by atoms with Crippen LogP contribution >= 0.6 is 11.6 Å². The average Bonchev–Trinajstić information content (AvgIpc) is 2.41. The first-order valence-corrected chi connectivity index (χ1v) is 6.00. The van der Waals surface area contributed by atoms with Crippen molar-refractivity contribution in [1.29, 1.82) is 0 Å². The summed E-state index contributed by atoms with van der Waals surface area (Å²) >= 11 is 5.91. The zero-order valence-electron chi connectivity index (χ0n) is 10.0. The van der Waals surface area contributed by atoms with Gasteiger partial charge in [0.2, 0.25) is 0 Å². The fraction of sp³-hybridized carbons (Fsp3) is 0.250. The molecule has 0 aliphatic heterocycles. The standard InChI is InChI=1S/C12H14ClN5/c1-2-18(7-9-3-5-15-6-4-9)12-10(14)11(13)16-8-17-12/h3-6,8H,2,7,14H2,1H3. The number of hydrogen-bond donors (Lipinski definition) is 1. The summed E-state index contributed by atoms with van der Waals surface area (Å²) in [5.41, 5.74) is 7.45. The summed E-state index contributed by atoms with van der Waals surface area (Å²) in [6, 6.07) is 3.92. The van der Waals surface area contributed by atoms with Gasteiger partial charge in [-0.05, 0) is 24.6 Å². The van der Waals surface area contributed by atoms with Gasteiger partial charge in [0, 0.05) is 25.5 Å². The summed E-state index contributed by atoms with van der Waals surface area (Å²) in [7, 11) is 0. The Kier molecular flexibility index (Phi) is 3.94. The molecule has 0 spiro atoms. The number of nitrogen functional groups attached to an aromatic ring is 1. The predicted molar refractivity (Wildman–Crippen MR) is 72.4 cm³/mol. The molecule has 0 saturated heterocycles. The Balaban J connectivity index is 2.26. The molecule has 0 atom stereocenters. The van der Waals surface area contributed by atoms with Gasteiger partial charge in [0.1, 0.15) is 12.0 Å². The van der Waals surface area contributed by atoms with E-state index in [2.05, 4.69) is 15.0 Å². The molecule has 0 bridgehead atoms. The second-order valence-electron chi connectivity index (χ2n) is 3.77. The highest BCUT2D eigenvalue weighted by atomic mass is 35.5. The molecule has 0 aliphatic rings. The minimum Gasteiger partial charge on any atom is -0.393 e. The quantitative estimate of drug-likeness (QED) is 0.856. The summed E-state index contributed by atoms with van der Waals surface area (Å²) in [5, 5.41) is 0.285. The average molecular weight is 264 g/mol. The van der Waals surface area contributed by atoms with Crippen molar-refractivity contribution in [1.82, 2.24) is 15.0 Å². The van der Waals surface area contributed by atoms with E-state index in [-0.39, 0.29) is 5.15 Å². The number of rotatable bonds is 4. The third-order valence-electron chi connectivity index (χ3n) is 2.62. The largest absolute Gasteiger partial charge is 0.393 e. The Bertz CT molecular complexity index is 517. The first kappa shape index (κ1) is 12.6. The van der Waals surface area contributed by atoms with Crippen LogP contribution in [0.2, 0.25) is 5.15 Å². The molecule has 2 aromatic heterocycles. The zero-order chi connectivity index (χ0) is 13.0. The third kappa shape index (κ3) is 2.68. The van der Waals surface area contributed by atoms with E-state index in [9.17, 15) is 0 Å². The molecule has 2 rings (SSSR count). The maximum Gasteiger partial charge on any atom is 0.157 e. The van der Waals surface area contributed by atoms with Crippen molar-refractivity contribution in [3.63, 3.8) is 0 Å². The van der Waals surface area contributed by atoms with Gasteiger partial charge < -0.3 is 10.6 Å². The normalized spacial score (nSPS) is 10.3.